The SMILES string of the molecule is CC1(C)O[C@H]2C=C[C@@H]3NCC[C@]3(c3ccc4c(c3)OCO4)[C@H]2O1. The third-order valence-electron chi connectivity index (χ3n) is 5.50. The van der Waals surface area contributed by atoms with Crippen LogP contribution in [0.15, 0.2) is 30.4 Å². The molecule has 5 nitrogen and oxygen atoms in total. The Kier molecular flexibility index (Phi) is 2.71. The smallest absolute Gasteiger partial charge is 0.231 e. The van der Waals surface area contributed by atoms with Crippen LogP contribution >= 0.6 is 0 Å². The normalized spacial score (nSPS) is 39.3. The van der Waals surface area contributed by atoms with Crippen molar-refractivity contribution in [3.63, 3.8) is 0 Å². The maximum Gasteiger partial charge on any atom is 0.231 e. The molecular weight excluding hydrogens is 294 g/mol. The van der Waals surface area contributed by atoms with Gasteiger partial charge in [0.1, 0.15) is 12.2 Å². The van der Waals surface area contributed by atoms with Crippen LogP contribution in [0.3, 0.4) is 0 Å². The summed E-state index contributed by atoms with van der Waals surface area (Å²) >= 11 is 0. The Labute approximate surface area is 135 Å². The maximum absolute atomic E-state index is 6.36. The summed E-state index contributed by atoms with van der Waals surface area (Å²) in [4.78, 5) is 0. The number of nitrogens with one attached hydrogen (secondary N) is 1. The van der Waals surface area contributed by atoms with E-state index in [0.29, 0.717) is 6.79 Å². The molecule has 1 aliphatic carbocycles. The standard InChI is InChI=1S/C18H21NO4/c1-17(2)22-13-5-6-15-18(7-8-19-15,16(13)23-17)11-3-4-12-14(9-11)21-10-20-12/h3-6,9,13,15-16,19H,7-8,10H2,1-2H3/t13-,15-,16-,18+/m0/s1. The Morgan fingerprint density at radius 2 is 1.96 bits per heavy atom. The molecule has 4 aliphatic rings. The van der Waals surface area contributed by atoms with Crippen LogP contribution in [0.1, 0.15) is 25.8 Å². The molecule has 5 heteroatoms. The summed E-state index contributed by atoms with van der Waals surface area (Å²) in [6, 6.07) is 6.53. The highest BCUT2D eigenvalue weighted by Crippen LogP contribution is 2.51. The van der Waals surface area contributed by atoms with E-state index in [1.807, 2.05) is 19.9 Å². The quantitative estimate of drug-likeness (QED) is 0.804. The van der Waals surface area contributed by atoms with Gasteiger partial charge in [0.25, 0.3) is 0 Å². The number of fused-ring (bicyclic) bond motifs is 4. The van der Waals surface area contributed by atoms with Gasteiger partial charge < -0.3 is 24.3 Å². The van der Waals surface area contributed by atoms with Gasteiger partial charge in [-0.15, -0.1) is 0 Å². The van der Waals surface area contributed by atoms with Gasteiger partial charge in [-0.2, -0.15) is 0 Å². The third-order valence-corrected chi connectivity index (χ3v) is 5.50. The van der Waals surface area contributed by atoms with Gasteiger partial charge in [-0.05, 0) is 44.5 Å². The summed E-state index contributed by atoms with van der Waals surface area (Å²) in [6.45, 7) is 5.25. The van der Waals surface area contributed by atoms with Crippen LogP contribution in [0.4, 0.5) is 0 Å². The summed E-state index contributed by atoms with van der Waals surface area (Å²) < 4.78 is 23.5. The molecular formula is C18H21NO4. The highest BCUT2D eigenvalue weighted by atomic mass is 16.8. The van der Waals surface area contributed by atoms with E-state index < -0.39 is 5.79 Å². The lowest BCUT2D eigenvalue weighted by Crippen LogP contribution is -2.54. The Hall–Kier alpha value is -1.56. The van der Waals surface area contributed by atoms with Crippen LogP contribution < -0.4 is 14.8 Å². The predicted octanol–water partition coefficient (Wildman–Crippen LogP) is 2.10. The molecule has 3 heterocycles. The van der Waals surface area contributed by atoms with E-state index in [1.165, 1.54) is 5.56 Å². The minimum absolute atomic E-state index is 0.00266. The van der Waals surface area contributed by atoms with Crippen LogP contribution in [0.25, 0.3) is 0 Å². The van der Waals surface area contributed by atoms with Crippen molar-refractivity contribution in [2.75, 3.05) is 13.3 Å². The maximum atomic E-state index is 6.36. The topological polar surface area (TPSA) is 49.0 Å². The van der Waals surface area contributed by atoms with Crippen LogP contribution in [0.2, 0.25) is 0 Å². The monoisotopic (exact) mass is 315 g/mol. The summed E-state index contributed by atoms with van der Waals surface area (Å²) in [6.07, 6.45) is 5.40. The molecule has 0 bridgehead atoms. The molecule has 3 aliphatic heterocycles. The second kappa shape index (κ2) is 4.50. The van der Waals surface area contributed by atoms with Gasteiger partial charge in [0, 0.05) is 11.5 Å². The first-order valence-corrected chi connectivity index (χ1v) is 8.26. The predicted molar refractivity (Wildman–Crippen MR) is 83.6 cm³/mol. The molecule has 5 rings (SSSR count). The zero-order valence-electron chi connectivity index (χ0n) is 13.4. The van der Waals surface area contributed by atoms with Crippen LogP contribution in [-0.2, 0) is 14.9 Å². The molecule has 0 spiro atoms. The lowest BCUT2D eigenvalue weighted by Gasteiger charge is -2.43. The Morgan fingerprint density at radius 1 is 1.09 bits per heavy atom. The first kappa shape index (κ1) is 13.8. The second-order valence-corrected chi connectivity index (χ2v) is 7.20. The van der Waals surface area contributed by atoms with E-state index in [-0.39, 0.29) is 23.7 Å². The molecule has 2 saturated heterocycles. The molecule has 23 heavy (non-hydrogen) atoms. The molecule has 4 atom stereocenters. The molecule has 1 aromatic carbocycles. The van der Waals surface area contributed by atoms with E-state index in [0.717, 1.165) is 24.5 Å². The zero-order valence-corrected chi connectivity index (χ0v) is 13.4. The molecule has 0 aromatic heterocycles. The number of hydrogen-bond donors (Lipinski definition) is 1. The molecule has 0 amide bonds. The number of ether oxygens (including phenoxy) is 4. The Balaban J connectivity index is 1.64. The summed E-state index contributed by atoms with van der Waals surface area (Å²) in [5, 5.41) is 3.61. The summed E-state index contributed by atoms with van der Waals surface area (Å²) in [5.41, 5.74) is 1.10. The fourth-order valence-electron chi connectivity index (χ4n) is 4.55. The van der Waals surface area contributed by atoms with Crippen LogP contribution in [-0.4, -0.2) is 37.4 Å². The van der Waals surface area contributed by atoms with E-state index in [1.54, 1.807) is 0 Å². The van der Waals surface area contributed by atoms with Crippen LogP contribution in [0, 0.1) is 0 Å². The molecule has 1 aromatic rings. The van der Waals surface area contributed by atoms with Gasteiger partial charge in [-0.3, -0.25) is 0 Å². The fraction of sp³-hybridized carbons (Fsp3) is 0.556. The lowest BCUT2D eigenvalue weighted by atomic mass is 9.66. The number of benzene rings is 1. The van der Waals surface area contributed by atoms with Crippen molar-refractivity contribution in [1.29, 1.82) is 0 Å². The molecule has 122 valence electrons. The number of hydrogen-bond acceptors (Lipinski definition) is 5. The average Bonchev–Trinajstić information content (AvgIpc) is 3.20. The Bertz CT molecular complexity index is 686. The summed E-state index contributed by atoms with van der Waals surface area (Å²) in [5.74, 6) is 1.09. The zero-order chi connectivity index (χ0) is 15.7. The molecule has 0 radical (unpaired) electrons. The Morgan fingerprint density at radius 3 is 2.87 bits per heavy atom. The van der Waals surface area contributed by atoms with Gasteiger partial charge >= 0.3 is 0 Å². The molecule has 0 unspecified atom stereocenters. The van der Waals surface area contributed by atoms with Crippen molar-refractivity contribution in [1.82, 2.24) is 5.32 Å². The van der Waals surface area contributed by atoms with Crippen molar-refractivity contribution in [3.8, 4) is 11.5 Å². The first-order chi connectivity index (χ1) is 11.1. The molecule has 0 saturated carbocycles. The first-order valence-electron chi connectivity index (χ1n) is 8.26. The van der Waals surface area contributed by atoms with Crippen molar-refractivity contribution in [3.05, 3.63) is 35.9 Å². The van der Waals surface area contributed by atoms with Crippen molar-refractivity contribution in [2.24, 2.45) is 0 Å². The van der Waals surface area contributed by atoms with E-state index >= 15 is 0 Å². The molecule has 2 fully saturated rings. The van der Waals surface area contributed by atoms with Gasteiger partial charge in [0.15, 0.2) is 17.3 Å². The lowest BCUT2D eigenvalue weighted by molar-refractivity contribution is -0.149. The van der Waals surface area contributed by atoms with E-state index in [2.05, 4.69) is 29.6 Å². The third kappa shape index (κ3) is 1.84. The largest absolute Gasteiger partial charge is 0.454 e. The van der Waals surface area contributed by atoms with Gasteiger partial charge in [-0.1, -0.05) is 18.2 Å². The number of rotatable bonds is 1. The fourth-order valence-corrected chi connectivity index (χ4v) is 4.55. The average molecular weight is 315 g/mol. The van der Waals surface area contributed by atoms with Crippen LogP contribution in [0.5, 0.6) is 11.5 Å². The second-order valence-electron chi connectivity index (χ2n) is 7.20. The van der Waals surface area contributed by atoms with Gasteiger partial charge in [-0.25, -0.2) is 0 Å². The minimum atomic E-state index is -0.555. The van der Waals surface area contributed by atoms with E-state index in [4.69, 9.17) is 18.9 Å². The van der Waals surface area contributed by atoms with Crippen molar-refractivity contribution >= 4 is 0 Å². The summed E-state index contributed by atoms with van der Waals surface area (Å²) in [7, 11) is 0. The minimum Gasteiger partial charge on any atom is -0.454 e. The highest BCUT2D eigenvalue weighted by Gasteiger charge is 2.59. The highest BCUT2D eigenvalue weighted by molar-refractivity contribution is 5.49. The van der Waals surface area contributed by atoms with Gasteiger partial charge in [0.05, 0.1) is 0 Å². The van der Waals surface area contributed by atoms with Gasteiger partial charge in [0.2, 0.25) is 6.79 Å². The van der Waals surface area contributed by atoms with Crippen molar-refractivity contribution < 1.29 is 18.9 Å². The van der Waals surface area contributed by atoms with Crippen molar-refractivity contribution in [2.45, 2.75) is 49.7 Å². The molecule has 1 N–H and O–H groups in total. The van der Waals surface area contributed by atoms with E-state index in [9.17, 15) is 0 Å².